The van der Waals surface area contributed by atoms with Gasteiger partial charge in [-0.1, -0.05) is 79.9 Å². The van der Waals surface area contributed by atoms with E-state index in [1.807, 2.05) is 13.8 Å². The third-order valence-corrected chi connectivity index (χ3v) is 16.6. The molecular weight excluding hydrogens is 636 g/mol. The highest BCUT2D eigenvalue weighted by atomic mass is 16.4. The summed E-state index contributed by atoms with van der Waals surface area (Å²) >= 11 is 0. The molecule has 0 bridgehead atoms. The number of nitrogens with zero attached hydrogens (tertiary/aromatic N) is 1. The van der Waals surface area contributed by atoms with Gasteiger partial charge in [0.2, 0.25) is 11.8 Å². The Kier molecular flexibility index (Phi) is 11.3. The van der Waals surface area contributed by atoms with Crippen LogP contribution in [0.2, 0.25) is 0 Å². The molecule has 5 fully saturated rings. The molecule has 51 heavy (non-hydrogen) atoms. The summed E-state index contributed by atoms with van der Waals surface area (Å²) in [4.78, 5) is 56.2. The van der Waals surface area contributed by atoms with Crippen LogP contribution in [0, 0.1) is 62.1 Å². The minimum atomic E-state index is -0.925. The molecular formula is C44H72N2O5. The largest absolute Gasteiger partial charge is 0.481 e. The highest BCUT2D eigenvalue weighted by Crippen LogP contribution is 2.77. The molecule has 7 heteroatoms. The lowest BCUT2D eigenvalue weighted by Gasteiger charge is -2.72. The second-order valence-electron chi connectivity index (χ2n) is 20.3. The summed E-state index contributed by atoms with van der Waals surface area (Å²) in [6.45, 7) is 23.5. The fraction of sp³-hybridized carbons (Fsp3) is 0.864. The molecule has 0 aromatic rings. The SMILES string of the molecule is C=C(C)[C@@H]1CC[C@]2(C(=O)N(CCCCCCCN)C(=O)CC(C)(C)CC(=O)O)CC[C@]3(C)[C@H](CCC4[C@@]5(C)CCC(=O)C(C)(C)[C@@H]5CC[C@]43C)[C@@H]12. The van der Waals surface area contributed by atoms with Crippen LogP contribution in [-0.4, -0.2) is 46.7 Å². The highest BCUT2D eigenvalue weighted by Gasteiger charge is 2.72. The number of unbranched alkanes of at least 4 members (excludes halogenated alkanes) is 4. The van der Waals surface area contributed by atoms with E-state index in [4.69, 9.17) is 5.73 Å². The lowest BCUT2D eigenvalue weighted by atomic mass is 9.32. The number of fused-ring (bicyclic) bond motifs is 7. The Labute approximate surface area is 309 Å². The molecule has 7 nitrogen and oxygen atoms in total. The van der Waals surface area contributed by atoms with E-state index in [-0.39, 0.29) is 58.2 Å². The number of rotatable bonds is 13. The summed E-state index contributed by atoms with van der Waals surface area (Å²) in [5, 5.41) is 9.59. The van der Waals surface area contributed by atoms with Gasteiger partial charge in [-0.15, -0.1) is 0 Å². The average molecular weight is 709 g/mol. The van der Waals surface area contributed by atoms with E-state index in [0.29, 0.717) is 43.0 Å². The number of amides is 2. The van der Waals surface area contributed by atoms with Crippen molar-refractivity contribution in [2.24, 2.45) is 67.8 Å². The van der Waals surface area contributed by atoms with Crippen LogP contribution in [0.15, 0.2) is 12.2 Å². The summed E-state index contributed by atoms with van der Waals surface area (Å²) in [5.41, 5.74) is 5.52. The number of nitrogens with two attached hydrogens (primary N) is 1. The molecule has 0 aromatic carbocycles. The van der Waals surface area contributed by atoms with Crippen LogP contribution in [0.1, 0.15) is 165 Å². The van der Waals surface area contributed by atoms with Gasteiger partial charge in [0.25, 0.3) is 0 Å². The second kappa shape index (κ2) is 14.3. The molecule has 5 saturated carbocycles. The zero-order valence-corrected chi connectivity index (χ0v) is 33.6. The Bertz CT molecular complexity index is 1380. The Morgan fingerprint density at radius 3 is 2.16 bits per heavy atom. The number of carboxylic acid groups (broad SMARTS) is 1. The molecule has 288 valence electrons. The smallest absolute Gasteiger partial charge is 0.303 e. The molecule has 1 unspecified atom stereocenters. The van der Waals surface area contributed by atoms with Crippen LogP contribution in [0.25, 0.3) is 0 Å². The molecule has 2 amide bonds. The summed E-state index contributed by atoms with van der Waals surface area (Å²) in [6.07, 6.45) is 14.2. The van der Waals surface area contributed by atoms with E-state index in [2.05, 4.69) is 48.1 Å². The quantitative estimate of drug-likeness (QED) is 0.145. The molecule has 0 spiro atoms. The standard InChI is InChI=1S/C44H72N2O5/c1-29(2)30-17-22-44(38(51)46(26-14-12-10-11-13-25-45)35(48)27-39(3,4)28-36(49)50)24-23-42(8)31(37(30)44)15-16-33-41(7)20-19-34(47)40(5,6)32(41)18-21-43(33,42)9/h30-33,37H,1,10-28,45H2,2-9H3,(H,49,50)/t30-,31+,32-,33?,37+,41-,42+,43+,44-/m0/s1. The van der Waals surface area contributed by atoms with Crippen molar-refractivity contribution < 1.29 is 24.3 Å². The minimum absolute atomic E-state index is 0.00636. The molecule has 0 aliphatic heterocycles. The number of aliphatic carboxylic acids is 1. The molecule has 5 aliphatic rings. The number of carbonyl (C=O) groups is 4. The molecule has 0 aromatic heterocycles. The molecule has 5 rings (SSSR count). The lowest BCUT2D eigenvalue weighted by molar-refractivity contribution is -0.234. The number of hydrogen-bond donors (Lipinski definition) is 2. The van der Waals surface area contributed by atoms with E-state index in [9.17, 15) is 19.5 Å². The first-order valence-electron chi connectivity index (χ1n) is 20.7. The van der Waals surface area contributed by atoms with E-state index >= 15 is 4.79 Å². The fourth-order valence-electron chi connectivity index (χ4n) is 13.8. The third kappa shape index (κ3) is 6.71. The summed E-state index contributed by atoms with van der Waals surface area (Å²) in [6, 6.07) is 0. The molecule has 0 radical (unpaired) electrons. The van der Waals surface area contributed by atoms with Gasteiger partial charge in [0.1, 0.15) is 5.78 Å². The first-order valence-corrected chi connectivity index (χ1v) is 20.7. The number of carbonyl (C=O) groups excluding carboxylic acids is 3. The molecule has 0 saturated heterocycles. The number of hydrogen-bond acceptors (Lipinski definition) is 5. The molecule has 0 heterocycles. The Hall–Kier alpha value is -2.02. The molecule has 3 N–H and O–H groups in total. The average Bonchev–Trinajstić information content (AvgIpc) is 3.43. The van der Waals surface area contributed by atoms with Crippen LogP contribution in [0.4, 0.5) is 0 Å². The Morgan fingerprint density at radius 1 is 0.843 bits per heavy atom. The first-order chi connectivity index (χ1) is 23.7. The maximum Gasteiger partial charge on any atom is 0.303 e. The monoisotopic (exact) mass is 709 g/mol. The lowest BCUT2D eigenvalue weighted by Crippen LogP contribution is -2.67. The van der Waals surface area contributed by atoms with Crippen molar-refractivity contribution in [2.75, 3.05) is 13.1 Å². The van der Waals surface area contributed by atoms with E-state index in [0.717, 1.165) is 95.5 Å². The minimum Gasteiger partial charge on any atom is -0.481 e. The zero-order chi connectivity index (χ0) is 37.8. The maximum absolute atomic E-state index is 15.4. The number of imide groups is 1. The summed E-state index contributed by atoms with van der Waals surface area (Å²) < 4.78 is 0. The number of carboxylic acids is 1. The van der Waals surface area contributed by atoms with Gasteiger partial charge in [-0.3, -0.25) is 24.1 Å². The normalized spacial score (nSPS) is 38.5. The fourth-order valence-corrected chi connectivity index (χ4v) is 13.8. The number of allylic oxidation sites excluding steroid dienone is 1. The summed E-state index contributed by atoms with van der Waals surface area (Å²) in [7, 11) is 0. The topological polar surface area (TPSA) is 118 Å². The van der Waals surface area contributed by atoms with E-state index < -0.39 is 16.8 Å². The number of ketones is 1. The van der Waals surface area contributed by atoms with Gasteiger partial charge in [0.15, 0.2) is 0 Å². The van der Waals surface area contributed by atoms with E-state index in [1.165, 1.54) is 0 Å². The van der Waals surface area contributed by atoms with Crippen LogP contribution in [-0.2, 0) is 19.2 Å². The molecule has 5 aliphatic carbocycles. The second-order valence-corrected chi connectivity index (χ2v) is 20.3. The van der Waals surface area contributed by atoms with Gasteiger partial charge in [-0.05, 0) is 135 Å². The number of Topliss-reactive ketones (excluding diaryl/α,β-unsaturated/α-hetero) is 1. The molecule has 9 atom stereocenters. The van der Waals surface area contributed by atoms with Gasteiger partial charge in [-0.25, -0.2) is 0 Å². The Morgan fingerprint density at radius 2 is 1.51 bits per heavy atom. The predicted octanol–water partition coefficient (Wildman–Crippen LogP) is 9.37. The van der Waals surface area contributed by atoms with Crippen molar-refractivity contribution >= 4 is 23.6 Å². The third-order valence-electron chi connectivity index (χ3n) is 16.6. The predicted molar refractivity (Wildman–Crippen MR) is 203 cm³/mol. The highest BCUT2D eigenvalue weighted by molar-refractivity contribution is 5.99. The van der Waals surface area contributed by atoms with Gasteiger partial charge in [0.05, 0.1) is 11.8 Å². The van der Waals surface area contributed by atoms with Crippen LogP contribution < -0.4 is 5.73 Å². The Balaban J connectivity index is 1.49. The zero-order valence-electron chi connectivity index (χ0n) is 33.6. The van der Waals surface area contributed by atoms with E-state index in [1.54, 1.807) is 4.90 Å². The van der Waals surface area contributed by atoms with Crippen molar-refractivity contribution in [1.29, 1.82) is 0 Å². The maximum atomic E-state index is 15.4. The van der Waals surface area contributed by atoms with Crippen LogP contribution in [0.3, 0.4) is 0 Å². The van der Waals surface area contributed by atoms with Crippen LogP contribution in [0.5, 0.6) is 0 Å². The van der Waals surface area contributed by atoms with Gasteiger partial charge in [-0.2, -0.15) is 0 Å². The van der Waals surface area contributed by atoms with Crippen molar-refractivity contribution in [2.45, 2.75) is 165 Å². The van der Waals surface area contributed by atoms with Crippen molar-refractivity contribution in [3.05, 3.63) is 12.2 Å². The van der Waals surface area contributed by atoms with Crippen molar-refractivity contribution in [1.82, 2.24) is 4.90 Å². The van der Waals surface area contributed by atoms with Crippen molar-refractivity contribution in [3.8, 4) is 0 Å². The van der Waals surface area contributed by atoms with Gasteiger partial charge in [0, 0.05) is 24.8 Å². The first kappa shape index (κ1) is 40.2. The van der Waals surface area contributed by atoms with Crippen LogP contribution >= 0.6 is 0 Å². The summed E-state index contributed by atoms with van der Waals surface area (Å²) in [5.74, 6) is 0.987. The van der Waals surface area contributed by atoms with Gasteiger partial charge >= 0.3 is 5.97 Å². The van der Waals surface area contributed by atoms with Crippen molar-refractivity contribution in [3.63, 3.8) is 0 Å². The van der Waals surface area contributed by atoms with Gasteiger partial charge < -0.3 is 10.8 Å².